The molecule has 0 aliphatic rings. The summed E-state index contributed by atoms with van der Waals surface area (Å²) in [6.07, 6.45) is 5.18. The van der Waals surface area contributed by atoms with E-state index in [9.17, 15) is 9.90 Å². The molecular weight excluding hydrogens is 248 g/mol. The van der Waals surface area contributed by atoms with Crippen molar-refractivity contribution in [3.63, 3.8) is 0 Å². The minimum Gasteiger partial charge on any atom is -0.481 e. The van der Waals surface area contributed by atoms with Crippen LogP contribution in [0.3, 0.4) is 0 Å². The molecule has 0 saturated heterocycles. The third-order valence-corrected chi connectivity index (χ3v) is 4.57. The molecule has 5 heteroatoms. The molecule has 0 spiro atoms. The van der Waals surface area contributed by atoms with E-state index in [4.69, 9.17) is 0 Å². The Morgan fingerprint density at radius 2 is 2.17 bits per heavy atom. The Morgan fingerprint density at radius 3 is 2.72 bits per heavy atom. The number of fused-ring (bicyclic) bond motifs is 1. The highest BCUT2D eigenvalue weighted by Gasteiger charge is 2.35. The van der Waals surface area contributed by atoms with Crippen molar-refractivity contribution >= 4 is 27.5 Å². The van der Waals surface area contributed by atoms with Gasteiger partial charge in [0, 0.05) is 12.6 Å². The first-order valence-corrected chi connectivity index (χ1v) is 6.86. The van der Waals surface area contributed by atoms with Crippen LogP contribution < -0.4 is 0 Å². The van der Waals surface area contributed by atoms with Gasteiger partial charge in [0.1, 0.15) is 0 Å². The fourth-order valence-electron chi connectivity index (χ4n) is 2.07. The maximum atomic E-state index is 11.5. The predicted molar refractivity (Wildman–Crippen MR) is 71.8 cm³/mol. The van der Waals surface area contributed by atoms with Crippen molar-refractivity contribution in [2.75, 3.05) is 0 Å². The molecule has 0 aromatic carbocycles. The number of pyridine rings is 1. The number of hydrogen-bond donors (Lipinski definition) is 1. The lowest BCUT2D eigenvalue weighted by molar-refractivity contribution is -0.149. The Balaban J connectivity index is 2.34. The summed E-state index contributed by atoms with van der Waals surface area (Å²) in [5.74, 6) is -0.732. The molecule has 1 N–H and O–H groups in total. The number of carboxylic acids is 1. The van der Waals surface area contributed by atoms with Gasteiger partial charge in [-0.25, -0.2) is 4.98 Å². The van der Waals surface area contributed by atoms with Crippen molar-refractivity contribution in [3.8, 4) is 0 Å². The first kappa shape index (κ1) is 13.0. The highest BCUT2D eigenvalue weighted by molar-refractivity contribution is 7.18. The number of hydrogen-bond acceptors (Lipinski definition) is 4. The fraction of sp³-hybridized carbons (Fsp3) is 0.462. The zero-order valence-corrected chi connectivity index (χ0v) is 11.3. The highest BCUT2D eigenvalue weighted by atomic mass is 32.1. The molecule has 18 heavy (non-hydrogen) atoms. The van der Waals surface area contributed by atoms with Crippen LogP contribution in [0.25, 0.3) is 10.2 Å². The number of aliphatic carboxylic acids is 1. The quantitative estimate of drug-likeness (QED) is 0.901. The summed E-state index contributed by atoms with van der Waals surface area (Å²) in [5, 5.41) is 10.3. The second-order valence-electron chi connectivity index (χ2n) is 4.42. The molecule has 2 aromatic heterocycles. The third-order valence-electron chi connectivity index (χ3n) is 3.53. The topological polar surface area (TPSA) is 63.1 Å². The molecule has 0 atom stereocenters. The first-order valence-electron chi connectivity index (χ1n) is 6.04. The molecule has 96 valence electrons. The van der Waals surface area contributed by atoms with Crippen LogP contribution in [-0.4, -0.2) is 21.0 Å². The van der Waals surface area contributed by atoms with Crippen molar-refractivity contribution in [1.29, 1.82) is 0 Å². The largest absolute Gasteiger partial charge is 0.481 e. The molecule has 2 heterocycles. The van der Waals surface area contributed by atoms with Gasteiger partial charge in [-0.2, -0.15) is 0 Å². The van der Waals surface area contributed by atoms with Crippen molar-refractivity contribution in [3.05, 3.63) is 23.5 Å². The summed E-state index contributed by atoms with van der Waals surface area (Å²) in [7, 11) is 0. The van der Waals surface area contributed by atoms with Gasteiger partial charge in [-0.05, 0) is 18.9 Å². The second kappa shape index (κ2) is 5.02. The van der Waals surface area contributed by atoms with Gasteiger partial charge in [0.05, 0.1) is 26.8 Å². The molecule has 2 rings (SSSR count). The summed E-state index contributed by atoms with van der Waals surface area (Å²) < 4.78 is 1.06. The van der Waals surface area contributed by atoms with Gasteiger partial charge in [-0.15, -0.1) is 11.3 Å². The third kappa shape index (κ3) is 2.22. The molecule has 0 aliphatic carbocycles. The van der Waals surface area contributed by atoms with E-state index in [0.717, 1.165) is 15.2 Å². The van der Waals surface area contributed by atoms with Gasteiger partial charge in [0.15, 0.2) is 0 Å². The van der Waals surface area contributed by atoms with Crippen LogP contribution in [0.1, 0.15) is 31.7 Å². The summed E-state index contributed by atoms with van der Waals surface area (Å²) >= 11 is 1.56. The monoisotopic (exact) mass is 264 g/mol. The minimum atomic E-state index is -0.732. The van der Waals surface area contributed by atoms with Crippen molar-refractivity contribution in [2.45, 2.75) is 33.1 Å². The van der Waals surface area contributed by atoms with Gasteiger partial charge in [-0.3, -0.25) is 9.78 Å². The van der Waals surface area contributed by atoms with E-state index in [-0.39, 0.29) is 0 Å². The molecule has 0 aliphatic heterocycles. The van der Waals surface area contributed by atoms with Gasteiger partial charge < -0.3 is 5.11 Å². The molecule has 4 nitrogen and oxygen atoms in total. The van der Waals surface area contributed by atoms with E-state index in [1.165, 1.54) is 0 Å². The molecule has 0 amide bonds. The summed E-state index contributed by atoms with van der Waals surface area (Å²) in [6, 6.07) is 1.91. The van der Waals surface area contributed by atoms with Gasteiger partial charge >= 0.3 is 5.97 Å². The first-order chi connectivity index (χ1) is 8.61. The van der Waals surface area contributed by atoms with E-state index in [1.807, 2.05) is 19.9 Å². The van der Waals surface area contributed by atoms with Crippen LogP contribution in [-0.2, 0) is 11.2 Å². The standard InChI is InChI=1S/C13H16N2O2S/c1-3-13(4-2,12(16)17)7-11-15-9-8-14-6-5-10(9)18-11/h5-6,8H,3-4,7H2,1-2H3,(H,16,17). The van der Waals surface area contributed by atoms with Crippen LogP contribution in [0.4, 0.5) is 0 Å². The lowest BCUT2D eigenvalue weighted by Crippen LogP contribution is -2.32. The highest BCUT2D eigenvalue weighted by Crippen LogP contribution is 2.34. The second-order valence-corrected chi connectivity index (χ2v) is 5.54. The van der Waals surface area contributed by atoms with Crippen LogP contribution in [0.15, 0.2) is 18.5 Å². The molecule has 0 unspecified atom stereocenters. The summed E-state index contributed by atoms with van der Waals surface area (Å²) in [4.78, 5) is 20.0. The Labute approximate surface area is 110 Å². The number of thiazole rings is 1. The van der Waals surface area contributed by atoms with E-state index < -0.39 is 11.4 Å². The Bertz CT molecular complexity index is 528. The molecule has 0 saturated carbocycles. The Hall–Kier alpha value is -1.49. The van der Waals surface area contributed by atoms with Crippen LogP contribution in [0.2, 0.25) is 0 Å². The lowest BCUT2D eigenvalue weighted by Gasteiger charge is -2.25. The smallest absolute Gasteiger partial charge is 0.310 e. The van der Waals surface area contributed by atoms with Gasteiger partial charge in [0.2, 0.25) is 0 Å². The summed E-state index contributed by atoms with van der Waals surface area (Å²) in [6.45, 7) is 3.85. The van der Waals surface area contributed by atoms with Crippen molar-refractivity contribution < 1.29 is 9.90 Å². The predicted octanol–water partition coefficient (Wildman–Crippen LogP) is 3.12. The van der Waals surface area contributed by atoms with E-state index in [1.54, 1.807) is 23.7 Å². The van der Waals surface area contributed by atoms with Crippen molar-refractivity contribution in [1.82, 2.24) is 9.97 Å². The number of carboxylic acid groups (broad SMARTS) is 1. The maximum absolute atomic E-state index is 11.5. The van der Waals surface area contributed by atoms with E-state index in [2.05, 4.69) is 9.97 Å². The molecule has 0 radical (unpaired) electrons. The minimum absolute atomic E-state index is 0.495. The Morgan fingerprint density at radius 1 is 1.44 bits per heavy atom. The SMILES string of the molecule is CCC(CC)(Cc1nc2cnccc2s1)C(=O)O. The van der Waals surface area contributed by atoms with E-state index in [0.29, 0.717) is 19.3 Å². The molecular formula is C13H16N2O2S. The van der Waals surface area contributed by atoms with E-state index >= 15 is 0 Å². The van der Waals surface area contributed by atoms with Crippen molar-refractivity contribution in [2.24, 2.45) is 5.41 Å². The summed E-state index contributed by atoms with van der Waals surface area (Å²) in [5.41, 5.74) is 0.158. The fourth-order valence-corrected chi connectivity index (χ4v) is 3.15. The number of nitrogens with zero attached hydrogens (tertiary/aromatic N) is 2. The zero-order chi connectivity index (χ0) is 13.2. The van der Waals surface area contributed by atoms with Crippen LogP contribution in [0.5, 0.6) is 0 Å². The van der Waals surface area contributed by atoms with Crippen LogP contribution in [0, 0.1) is 5.41 Å². The zero-order valence-electron chi connectivity index (χ0n) is 10.5. The Kier molecular flexibility index (Phi) is 3.61. The molecule has 2 aromatic rings. The van der Waals surface area contributed by atoms with Gasteiger partial charge in [0.25, 0.3) is 0 Å². The number of rotatable bonds is 5. The molecule has 0 bridgehead atoms. The number of aromatic nitrogens is 2. The molecule has 0 fully saturated rings. The average Bonchev–Trinajstić information content (AvgIpc) is 2.77. The normalized spacial score (nSPS) is 11.9. The van der Waals surface area contributed by atoms with Gasteiger partial charge in [-0.1, -0.05) is 13.8 Å². The average molecular weight is 264 g/mol. The maximum Gasteiger partial charge on any atom is 0.310 e. The van der Waals surface area contributed by atoms with Crippen LogP contribution >= 0.6 is 11.3 Å². The number of carbonyl (C=O) groups is 1. The lowest BCUT2D eigenvalue weighted by atomic mass is 9.79.